The molecule has 4 heteroatoms. The topological polar surface area (TPSA) is 58.6 Å². The molecule has 2 aliphatic carbocycles. The molecule has 4 rings (SSSR count). The van der Waals surface area contributed by atoms with Gasteiger partial charge in [0, 0.05) is 31.1 Å². The van der Waals surface area contributed by atoms with Crippen LogP contribution in [0.25, 0.3) is 0 Å². The quantitative estimate of drug-likeness (QED) is 0.891. The van der Waals surface area contributed by atoms with Gasteiger partial charge in [-0.1, -0.05) is 24.3 Å². The fourth-order valence-corrected chi connectivity index (χ4v) is 4.53. The molecule has 1 aromatic carbocycles. The zero-order valence-electron chi connectivity index (χ0n) is 13.5. The largest absolute Gasteiger partial charge is 0.391 e. The molecule has 0 bridgehead atoms. The average molecular weight is 315 g/mol. The van der Waals surface area contributed by atoms with Gasteiger partial charge < -0.3 is 15.2 Å². The van der Waals surface area contributed by atoms with Crippen LogP contribution in [0, 0.1) is 11.8 Å². The Balaban J connectivity index is 1.33. The number of ether oxygens (including phenoxy) is 1. The molecular weight excluding hydrogens is 290 g/mol. The molecule has 0 aromatic heterocycles. The molecule has 3 aliphatic rings. The van der Waals surface area contributed by atoms with Crippen molar-refractivity contribution in [2.24, 2.45) is 11.8 Å². The predicted molar refractivity (Wildman–Crippen MR) is 87.1 cm³/mol. The first kappa shape index (κ1) is 15.2. The maximum absolute atomic E-state index is 12.5. The van der Waals surface area contributed by atoms with Crippen molar-refractivity contribution in [1.82, 2.24) is 5.32 Å². The Kier molecular flexibility index (Phi) is 3.90. The highest BCUT2D eigenvalue weighted by molar-refractivity contribution is 5.85. The van der Waals surface area contributed by atoms with Crippen molar-refractivity contribution in [2.75, 3.05) is 19.8 Å². The Bertz CT molecular complexity index is 596. The number of aliphatic hydroxyl groups is 1. The van der Waals surface area contributed by atoms with E-state index >= 15 is 0 Å². The second-order valence-corrected chi connectivity index (χ2v) is 7.33. The van der Waals surface area contributed by atoms with Gasteiger partial charge in [0.15, 0.2) is 0 Å². The molecule has 1 amide bonds. The lowest BCUT2D eigenvalue weighted by atomic mass is 9.93. The van der Waals surface area contributed by atoms with Gasteiger partial charge in [-0.2, -0.15) is 0 Å². The maximum atomic E-state index is 12.5. The van der Waals surface area contributed by atoms with E-state index in [-0.39, 0.29) is 23.2 Å². The van der Waals surface area contributed by atoms with Crippen LogP contribution in [0.2, 0.25) is 0 Å². The number of hydrogen-bond acceptors (Lipinski definition) is 3. The van der Waals surface area contributed by atoms with Gasteiger partial charge in [-0.15, -0.1) is 0 Å². The second kappa shape index (κ2) is 5.91. The normalized spacial score (nSPS) is 30.9. The Morgan fingerprint density at radius 1 is 1.35 bits per heavy atom. The van der Waals surface area contributed by atoms with Crippen LogP contribution < -0.4 is 5.32 Å². The molecule has 1 aliphatic heterocycles. The van der Waals surface area contributed by atoms with Gasteiger partial charge in [0.1, 0.15) is 0 Å². The Labute approximate surface area is 137 Å². The minimum absolute atomic E-state index is 0.0876. The van der Waals surface area contributed by atoms with Crippen LogP contribution in [0.1, 0.15) is 36.8 Å². The van der Waals surface area contributed by atoms with Gasteiger partial charge >= 0.3 is 0 Å². The third-order valence-electron chi connectivity index (χ3n) is 6.08. The van der Waals surface area contributed by atoms with Gasteiger partial charge in [-0.3, -0.25) is 4.79 Å². The summed E-state index contributed by atoms with van der Waals surface area (Å²) >= 11 is 0. The Morgan fingerprint density at radius 3 is 2.96 bits per heavy atom. The molecule has 3 atom stereocenters. The first-order chi connectivity index (χ1) is 11.2. The summed E-state index contributed by atoms with van der Waals surface area (Å²) in [6.07, 6.45) is 4.46. The van der Waals surface area contributed by atoms with Crippen molar-refractivity contribution >= 4 is 5.91 Å². The lowest BCUT2D eigenvalue weighted by Gasteiger charge is -2.26. The lowest BCUT2D eigenvalue weighted by molar-refractivity contribution is -0.123. The molecule has 124 valence electrons. The Morgan fingerprint density at radius 2 is 2.13 bits per heavy atom. The third-order valence-corrected chi connectivity index (χ3v) is 6.08. The van der Waals surface area contributed by atoms with E-state index in [1.165, 1.54) is 11.1 Å². The van der Waals surface area contributed by atoms with Crippen LogP contribution in [0.4, 0.5) is 0 Å². The summed E-state index contributed by atoms with van der Waals surface area (Å²) in [5.41, 5.74) is 2.87. The van der Waals surface area contributed by atoms with Crippen molar-refractivity contribution in [1.29, 1.82) is 0 Å². The molecule has 0 unspecified atom stereocenters. The van der Waals surface area contributed by atoms with Gasteiger partial charge in [0.2, 0.25) is 5.91 Å². The van der Waals surface area contributed by atoms with Gasteiger partial charge in [0.25, 0.3) is 0 Å². The highest BCUT2D eigenvalue weighted by Crippen LogP contribution is 2.61. The predicted octanol–water partition coefficient (Wildman–Crippen LogP) is 1.79. The lowest BCUT2D eigenvalue weighted by Crippen LogP contribution is -2.39. The summed E-state index contributed by atoms with van der Waals surface area (Å²) in [5, 5.41) is 13.3. The van der Waals surface area contributed by atoms with Crippen LogP contribution in [-0.4, -0.2) is 36.9 Å². The molecule has 1 spiro atoms. The molecule has 4 nitrogen and oxygen atoms in total. The van der Waals surface area contributed by atoms with E-state index in [2.05, 4.69) is 29.6 Å². The number of carbonyl (C=O) groups is 1. The van der Waals surface area contributed by atoms with Crippen molar-refractivity contribution < 1.29 is 14.6 Å². The fraction of sp³-hybridized carbons (Fsp3) is 0.632. The summed E-state index contributed by atoms with van der Waals surface area (Å²) < 4.78 is 5.32. The number of aliphatic hydroxyl groups excluding tert-OH is 1. The first-order valence-corrected chi connectivity index (χ1v) is 8.82. The third kappa shape index (κ3) is 2.68. The van der Waals surface area contributed by atoms with Gasteiger partial charge in [0.05, 0.1) is 6.10 Å². The van der Waals surface area contributed by atoms with Crippen LogP contribution in [0.5, 0.6) is 0 Å². The molecule has 1 saturated heterocycles. The smallest absolute Gasteiger partial charge is 0.224 e. The standard InChI is InChI=1S/C19H25NO3/c21-17(14-6-9-23-10-7-14)12-20-18(22)16-11-19(16)8-5-13-3-1-2-4-15(13)19/h1-4,14,16-17,21H,5-12H2,(H,20,22)/t16-,17+,19-/m1/s1. The van der Waals surface area contributed by atoms with E-state index in [1.807, 2.05) is 0 Å². The van der Waals surface area contributed by atoms with Crippen molar-refractivity contribution in [3.05, 3.63) is 35.4 Å². The molecule has 1 heterocycles. The summed E-state index contributed by atoms with van der Waals surface area (Å²) in [4.78, 5) is 12.5. The fourth-order valence-electron chi connectivity index (χ4n) is 4.53. The number of amides is 1. The molecule has 1 saturated carbocycles. The van der Waals surface area contributed by atoms with Gasteiger partial charge in [-0.05, 0) is 49.1 Å². The first-order valence-electron chi connectivity index (χ1n) is 8.82. The molecule has 2 fully saturated rings. The van der Waals surface area contributed by atoms with E-state index in [1.54, 1.807) is 0 Å². The SMILES string of the molecule is O=C(NC[C@H](O)C1CCOCC1)[C@H]1C[C@@]12CCc1ccccc12. The minimum atomic E-state index is -0.451. The number of hydrogen-bond donors (Lipinski definition) is 2. The average Bonchev–Trinajstić information content (AvgIpc) is 3.22. The molecule has 23 heavy (non-hydrogen) atoms. The number of benzene rings is 1. The summed E-state index contributed by atoms with van der Waals surface area (Å²) in [6, 6.07) is 8.53. The number of aryl methyl sites for hydroxylation is 1. The monoisotopic (exact) mass is 315 g/mol. The summed E-state index contributed by atoms with van der Waals surface area (Å²) in [6.45, 7) is 1.81. The second-order valence-electron chi connectivity index (χ2n) is 7.33. The van der Waals surface area contributed by atoms with Crippen molar-refractivity contribution in [2.45, 2.75) is 43.6 Å². The number of fused-ring (bicyclic) bond motifs is 2. The van der Waals surface area contributed by atoms with E-state index in [0.29, 0.717) is 6.54 Å². The summed E-state index contributed by atoms with van der Waals surface area (Å²) in [5.74, 6) is 0.463. The van der Waals surface area contributed by atoms with Crippen molar-refractivity contribution in [3.63, 3.8) is 0 Å². The molecule has 1 aromatic rings. The molecule has 2 N–H and O–H groups in total. The minimum Gasteiger partial charge on any atom is -0.391 e. The van der Waals surface area contributed by atoms with Crippen LogP contribution in [-0.2, 0) is 21.4 Å². The van der Waals surface area contributed by atoms with Crippen LogP contribution in [0.3, 0.4) is 0 Å². The van der Waals surface area contributed by atoms with Crippen LogP contribution >= 0.6 is 0 Å². The molecular formula is C19H25NO3. The highest BCUT2D eigenvalue weighted by atomic mass is 16.5. The number of carbonyl (C=O) groups excluding carboxylic acids is 1. The van der Waals surface area contributed by atoms with Crippen LogP contribution in [0.15, 0.2) is 24.3 Å². The zero-order chi connectivity index (χ0) is 15.9. The van der Waals surface area contributed by atoms with E-state index in [0.717, 1.165) is 45.3 Å². The maximum Gasteiger partial charge on any atom is 0.224 e. The van der Waals surface area contributed by atoms with E-state index < -0.39 is 6.10 Å². The Hall–Kier alpha value is -1.39. The highest BCUT2D eigenvalue weighted by Gasteiger charge is 2.61. The van der Waals surface area contributed by atoms with E-state index in [4.69, 9.17) is 4.74 Å². The number of rotatable bonds is 4. The summed E-state index contributed by atoms with van der Waals surface area (Å²) in [7, 11) is 0. The zero-order valence-corrected chi connectivity index (χ0v) is 13.5. The van der Waals surface area contributed by atoms with Gasteiger partial charge in [-0.25, -0.2) is 0 Å². The van der Waals surface area contributed by atoms with E-state index in [9.17, 15) is 9.90 Å². The number of nitrogens with one attached hydrogen (secondary N) is 1. The van der Waals surface area contributed by atoms with Crippen molar-refractivity contribution in [3.8, 4) is 0 Å². The molecule has 0 radical (unpaired) electrons.